The molecule has 0 aliphatic heterocycles. The molecular formula is C20H18ClF3N4O4S. The molecule has 0 spiro atoms. The molecule has 0 saturated heterocycles. The van der Waals surface area contributed by atoms with E-state index in [1.165, 1.54) is 24.4 Å². The highest BCUT2D eigenvalue weighted by molar-refractivity contribution is 7.90. The van der Waals surface area contributed by atoms with Gasteiger partial charge in [0, 0.05) is 29.0 Å². The van der Waals surface area contributed by atoms with Crippen molar-refractivity contribution in [3.63, 3.8) is 0 Å². The van der Waals surface area contributed by atoms with E-state index in [-0.39, 0.29) is 30.2 Å². The Hall–Kier alpha value is -3.12. The second-order valence-electron chi connectivity index (χ2n) is 7.02. The monoisotopic (exact) mass is 502 g/mol. The van der Waals surface area contributed by atoms with E-state index in [1.54, 1.807) is 18.2 Å². The topological polar surface area (TPSA) is 114 Å². The van der Waals surface area contributed by atoms with Crippen molar-refractivity contribution in [2.45, 2.75) is 19.1 Å². The van der Waals surface area contributed by atoms with Gasteiger partial charge >= 0.3 is 18.1 Å². The maximum absolute atomic E-state index is 13.1. The molecule has 33 heavy (non-hydrogen) atoms. The van der Waals surface area contributed by atoms with Crippen LogP contribution in [0.3, 0.4) is 0 Å². The molecule has 0 unspecified atom stereocenters. The summed E-state index contributed by atoms with van der Waals surface area (Å²) < 4.78 is 66.6. The van der Waals surface area contributed by atoms with Gasteiger partial charge in [0.25, 0.3) is 0 Å². The first-order chi connectivity index (χ1) is 15.4. The van der Waals surface area contributed by atoms with Gasteiger partial charge in [-0.3, -0.25) is 4.98 Å². The van der Waals surface area contributed by atoms with E-state index in [1.807, 2.05) is 0 Å². The largest absolute Gasteiger partial charge is 0.468 e. The Morgan fingerprint density at radius 3 is 2.58 bits per heavy atom. The van der Waals surface area contributed by atoms with Crippen LogP contribution in [-0.4, -0.2) is 36.4 Å². The van der Waals surface area contributed by atoms with Gasteiger partial charge in [-0.1, -0.05) is 23.7 Å². The van der Waals surface area contributed by atoms with Crippen LogP contribution in [0.2, 0.25) is 5.02 Å². The molecule has 2 N–H and O–H groups in total. The van der Waals surface area contributed by atoms with Gasteiger partial charge < -0.3 is 15.1 Å². The first-order valence-electron chi connectivity index (χ1n) is 9.41. The predicted molar refractivity (Wildman–Crippen MR) is 115 cm³/mol. The Morgan fingerprint density at radius 2 is 1.97 bits per heavy atom. The van der Waals surface area contributed by atoms with E-state index in [2.05, 4.69) is 20.6 Å². The third-order valence-electron chi connectivity index (χ3n) is 4.26. The fourth-order valence-electron chi connectivity index (χ4n) is 2.73. The zero-order valence-electron chi connectivity index (χ0n) is 17.1. The second kappa shape index (κ2) is 9.79. The van der Waals surface area contributed by atoms with Crippen molar-refractivity contribution in [3.05, 3.63) is 65.0 Å². The van der Waals surface area contributed by atoms with Crippen molar-refractivity contribution in [2.24, 2.45) is 0 Å². The number of urea groups is 1. The first kappa shape index (κ1) is 24.5. The number of benzene rings is 1. The molecule has 2 heterocycles. The van der Waals surface area contributed by atoms with Crippen LogP contribution in [0.1, 0.15) is 17.3 Å². The minimum Gasteiger partial charge on any atom is -0.435 e. The molecule has 2 amide bonds. The maximum atomic E-state index is 13.1. The van der Waals surface area contributed by atoms with Gasteiger partial charge in [-0.2, -0.15) is 13.2 Å². The lowest BCUT2D eigenvalue weighted by Gasteiger charge is -2.08. The number of aryl methyl sites for hydroxylation is 1. The summed E-state index contributed by atoms with van der Waals surface area (Å²) in [5, 5.41) is 5.19. The zero-order chi connectivity index (χ0) is 24.2. The summed E-state index contributed by atoms with van der Waals surface area (Å²) in [4.78, 5) is 19.8. The summed E-state index contributed by atoms with van der Waals surface area (Å²) in [6.07, 6.45) is -2.12. The van der Waals surface area contributed by atoms with Crippen LogP contribution in [0.5, 0.6) is 0 Å². The van der Waals surface area contributed by atoms with E-state index < -0.39 is 27.9 Å². The van der Waals surface area contributed by atoms with Crippen LogP contribution in [0.4, 0.5) is 23.7 Å². The standard InChI is InChI=1S/C20H18ClF3N4O4S/c1-33(30,31)8-7-14-5-6-15(10-25-14)27-19(29)26-11-16-17(12-3-2-4-13(21)9-12)28-18(32-16)20(22,23)24/h2-6,9-10H,7-8,11H2,1H3,(H2,26,27,29). The molecule has 8 nitrogen and oxygen atoms in total. The number of aromatic nitrogens is 2. The molecule has 0 bridgehead atoms. The van der Waals surface area contributed by atoms with Crippen LogP contribution in [-0.2, 0) is 29.0 Å². The number of sulfone groups is 1. The third-order valence-corrected chi connectivity index (χ3v) is 5.44. The Labute approximate surface area is 192 Å². The van der Waals surface area contributed by atoms with Crippen molar-refractivity contribution in [1.82, 2.24) is 15.3 Å². The molecule has 0 saturated carbocycles. The number of hydrogen-bond donors (Lipinski definition) is 2. The summed E-state index contributed by atoms with van der Waals surface area (Å²) in [5.74, 6) is -1.70. The highest BCUT2D eigenvalue weighted by Crippen LogP contribution is 2.34. The lowest BCUT2D eigenvalue weighted by atomic mass is 10.1. The average Bonchev–Trinajstić information content (AvgIpc) is 3.16. The summed E-state index contributed by atoms with van der Waals surface area (Å²) in [6.45, 7) is -0.378. The number of alkyl halides is 3. The minimum atomic E-state index is -4.81. The van der Waals surface area contributed by atoms with Crippen molar-refractivity contribution in [3.8, 4) is 11.3 Å². The van der Waals surface area contributed by atoms with Gasteiger partial charge in [0.05, 0.1) is 24.2 Å². The van der Waals surface area contributed by atoms with E-state index >= 15 is 0 Å². The number of carbonyl (C=O) groups excluding carboxylic acids is 1. The van der Waals surface area contributed by atoms with Crippen LogP contribution in [0, 0.1) is 0 Å². The van der Waals surface area contributed by atoms with E-state index in [0.29, 0.717) is 22.0 Å². The number of pyridine rings is 1. The second-order valence-corrected chi connectivity index (χ2v) is 9.72. The maximum Gasteiger partial charge on any atom is 0.468 e. The molecule has 13 heteroatoms. The van der Waals surface area contributed by atoms with Gasteiger partial charge in [0.15, 0.2) is 5.76 Å². The van der Waals surface area contributed by atoms with Gasteiger partial charge in [-0.15, -0.1) is 0 Å². The molecule has 0 radical (unpaired) electrons. The fraction of sp³-hybridized carbons (Fsp3) is 0.250. The number of hydrogen-bond acceptors (Lipinski definition) is 6. The number of amides is 2. The highest BCUT2D eigenvalue weighted by atomic mass is 35.5. The summed E-state index contributed by atoms with van der Waals surface area (Å²) >= 11 is 5.92. The lowest BCUT2D eigenvalue weighted by Crippen LogP contribution is -2.28. The SMILES string of the molecule is CS(=O)(=O)CCc1ccc(NC(=O)NCc2oc(C(F)(F)F)nc2-c2cccc(Cl)c2)cn1. The lowest BCUT2D eigenvalue weighted by molar-refractivity contribution is -0.157. The third kappa shape index (κ3) is 7.19. The molecular weight excluding hydrogens is 485 g/mol. The van der Waals surface area contributed by atoms with Gasteiger partial charge in [0.1, 0.15) is 15.5 Å². The van der Waals surface area contributed by atoms with Crippen LogP contribution in [0.15, 0.2) is 47.0 Å². The number of anilines is 1. The molecule has 0 fully saturated rings. The first-order valence-corrected chi connectivity index (χ1v) is 11.8. The quantitative estimate of drug-likeness (QED) is 0.497. The summed E-state index contributed by atoms with van der Waals surface area (Å²) in [6, 6.07) is 8.42. The van der Waals surface area contributed by atoms with Crippen molar-refractivity contribution in [1.29, 1.82) is 0 Å². The molecule has 0 aliphatic rings. The van der Waals surface area contributed by atoms with Gasteiger partial charge in [-0.05, 0) is 24.3 Å². The molecule has 3 rings (SSSR count). The van der Waals surface area contributed by atoms with E-state index in [9.17, 15) is 26.4 Å². The summed E-state index contributed by atoms with van der Waals surface area (Å²) in [7, 11) is -3.13. The number of oxazole rings is 1. The van der Waals surface area contributed by atoms with Crippen molar-refractivity contribution in [2.75, 3.05) is 17.3 Å². The Bertz CT molecular complexity index is 1240. The molecule has 2 aromatic heterocycles. The number of halogens is 4. The molecule has 1 aromatic carbocycles. The van der Waals surface area contributed by atoms with Crippen molar-refractivity contribution >= 4 is 33.2 Å². The summed E-state index contributed by atoms with van der Waals surface area (Å²) in [5.41, 5.74) is 1.04. The highest BCUT2D eigenvalue weighted by Gasteiger charge is 2.38. The predicted octanol–water partition coefficient (Wildman–Crippen LogP) is 4.32. The molecule has 3 aromatic rings. The van der Waals surface area contributed by atoms with Crippen LogP contribution < -0.4 is 10.6 Å². The number of rotatable bonds is 7. The average molecular weight is 503 g/mol. The number of carbonyl (C=O) groups is 1. The van der Waals surface area contributed by atoms with Gasteiger partial charge in [-0.25, -0.2) is 18.2 Å². The Balaban J connectivity index is 1.68. The molecule has 176 valence electrons. The fourth-order valence-corrected chi connectivity index (χ4v) is 3.50. The van der Waals surface area contributed by atoms with Gasteiger partial charge in [0.2, 0.25) is 0 Å². The number of nitrogens with zero attached hydrogens (tertiary/aromatic N) is 2. The van der Waals surface area contributed by atoms with Crippen molar-refractivity contribution < 1.29 is 30.8 Å². The molecule has 0 aliphatic carbocycles. The minimum absolute atomic E-state index is 0.0562. The van der Waals surface area contributed by atoms with E-state index in [4.69, 9.17) is 16.0 Å². The Kier molecular flexibility index (Phi) is 7.28. The normalized spacial score (nSPS) is 11.9. The number of nitrogens with one attached hydrogen (secondary N) is 2. The van der Waals surface area contributed by atoms with E-state index in [0.717, 1.165) is 6.26 Å². The smallest absolute Gasteiger partial charge is 0.435 e. The molecule has 0 atom stereocenters. The Morgan fingerprint density at radius 1 is 1.21 bits per heavy atom. The van der Waals surface area contributed by atoms with Crippen LogP contribution >= 0.6 is 11.6 Å². The van der Waals surface area contributed by atoms with Crippen LogP contribution in [0.25, 0.3) is 11.3 Å². The zero-order valence-corrected chi connectivity index (χ0v) is 18.7.